The third kappa shape index (κ3) is 7.22. The predicted octanol–water partition coefficient (Wildman–Crippen LogP) is 0.709. The highest BCUT2D eigenvalue weighted by Crippen LogP contribution is 2.13. The second kappa shape index (κ2) is 11.5. The highest BCUT2D eigenvalue weighted by atomic mass is 32.2. The number of amides is 2. The van der Waals surface area contributed by atoms with Crippen molar-refractivity contribution in [2.75, 3.05) is 38.2 Å². The maximum absolute atomic E-state index is 12.7. The Morgan fingerprint density at radius 3 is 2.23 bits per heavy atom. The van der Waals surface area contributed by atoms with Crippen LogP contribution in [0.4, 0.5) is 0 Å². The fourth-order valence-electron chi connectivity index (χ4n) is 3.12. The van der Waals surface area contributed by atoms with Gasteiger partial charge >= 0.3 is 5.97 Å². The zero-order valence-corrected chi connectivity index (χ0v) is 19.6. The first-order valence-corrected chi connectivity index (χ1v) is 12.8. The molecule has 172 valence electrons. The van der Waals surface area contributed by atoms with Gasteiger partial charge in [-0.05, 0) is 37.5 Å². The number of hydrogen-bond acceptors (Lipinski definition) is 7. The van der Waals surface area contributed by atoms with Crippen molar-refractivity contribution in [3.8, 4) is 0 Å². The van der Waals surface area contributed by atoms with Crippen LogP contribution in [-0.2, 0) is 29.1 Å². The van der Waals surface area contributed by atoms with E-state index in [2.05, 4.69) is 4.72 Å². The minimum Gasteiger partial charge on any atom is -0.451 e. The molecule has 1 aromatic rings. The van der Waals surface area contributed by atoms with Crippen molar-refractivity contribution < 1.29 is 27.5 Å². The largest absolute Gasteiger partial charge is 0.451 e. The average molecular weight is 472 g/mol. The zero-order valence-electron chi connectivity index (χ0n) is 17.9. The molecule has 1 aliphatic heterocycles. The van der Waals surface area contributed by atoms with Gasteiger partial charge in [-0.3, -0.25) is 14.4 Å². The summed E-state index contributed by atoms with van der Waals surface area (Å²) in [6.45, 7) is 4.51. The van der Waals surface area contributed by atoms with Gasteiger partial charge in [-0.15, -0.1) is 0 Å². The molecule has 1 saturated heterocycles. The lowest BCUT2D eigenvalue weighted by Crippen LogP contribution is -2.53. The van der Waals surface area contributed by atoms with Crippen LogP contribution < -0.4 is 4.72 Å². The Morgan fingerprint density at radius 2 is 1.68 bits per heavy atom. The van der Waals surface area contributed by atoms with Crippen molar-refractivity contribution in [1.29, 1.82) is 0 Å². The lowest BCUT2D eigenvalue weighted by molar-refractivity contribution is -0.161. The van der Waals surface area contributed by atoms with Gasteiger partial charge in [0.15, 0.2) is 6.10 Å². The number of carbonyl (C=O) groups excluding carboxylic acids is 3. The van der Waals surface area contributed by atoms with Crippen molar-refractivity contribution in [2.24, 2.45) is 0 Å². The highest BCUT2D eigenvalue weighted by Gasteiger charge is 2.32. The molecule has 0 radical (unpaired) electrons. The summed E-state index contributed by atoms with van der Waals surface area (Å²) in [6.07, 6.45) is 1.01. The van der Waals surface area contributed by atoms with E-state index in [9.17, 15) is 22.8 Å². The summed E-state index contributed by atoms with van der Waals surface area (Å²) in [4.78, 5) is 40.0. The summed E-state index contributed by atoms with van der Waals surface area (Å²) in [5, 5.41) is 0. The summed E-state index contributed by atoms with van der Waals surface area (Å²) in [6, 6.07) is 6.65. The maximum Gasteiger partial charge on any atom is 0.324 e. The van der Waals surface area contributed by atoms with E-state index in [1.807, 2.05) is 6.26 Å². The Labute approximate surface area is 187 Å². The number of piperazine rings is 1. The minimum atomic E-state index is -3.92. The molecule has 1 fully saturated rings. The normalized spacial score (nSPS) is 16.5. The van der Waals surface area contributed by atoms with Crippen LogP contribution in [0.15, 0.2) is 35.2 Å². The first-order chi connectivity index (χ1) is 14.7. The minimum absolute atomic E-state index is 0.0458. The number of benzene rings is 1. The van der Waals surface area contributed by atoms with Gasteiger partial charge in [0.05, 0.1) is 4.90 Å². The van der Waals surface area contributed by atoms with E-state index >= 15 is 0 Å². The molecule has 0 aromatic heterocycles. The number of hydrogen-bond donors (Lipinski definition) is 1. The van der Waals surface area contributed by atoms with Gasteiger partial charge in [-0.1, -0.05) is 18.2 Å². The van der Waals surface area contributed by atoms with Gasteiger partial charge in [-0.25, -0.2) is 8.42 Å². The van der Waals surface area contributed by atoms with Gasteiger partial charge in [0.25, 0.3) is 5.91 Å². The molecule has 1 heterocycles. The highest BCUT2D eigenvalue weighted by molar-refractivity contribution is 7.98. The number of ether oxygens (including phenoxy) is 1. The summed E-state index contributed by atoms with van der Waals surface area (Å²) >= 11 is 1.47. The zero-order chi connectivity index (χ0) is 23.0. The van der Waals surface area contributed by atoms with E-state index in [0.29, 0.717) is 31.9 Å². The monoisotopic (exact) mass is 471 g/mol. The molecule has 9 nitrogen and oxygen atoms in total. The smallest absolute Gasteiger partial charge is 0.324 e. The Bertz CT molecular complexity index is 870. The molecule has 0 spiro atoms. The van der Waals surface area contributed by atoms with Crippen LogP contribution in [0.1, 0.15) is 20.3 Å². The molecule has 1 aromatic carbocycles. The van der Waals surface area contributed by atoms with Crippen molar-refractivity contribution in [1.82, 2.24) is 14.5 Å². The first kappa shape index (κ1) is 25.2. The summed E-state index contributed by atoms with van der Waals surface area (Å²) < 4.78 is 33.0. The third-order valence-electron chi connectivity index (χ3n) is 4.92. The summed E-state index contributed by atoms with van der Waals surface area (Å²) in [5.74, 6) is -0.677. The van der Waals surface area contributed by atoms with E-state index in [-0.39, 0.29) is 23.1 Å². The fourth-order valence-corrected chi connectivity index (χ4v) is 4.83. The SMILES string of the molecule is CSCCC(NS(=O)(=O)c1ccccc1)C(=O)OC(C)C(=O)N1CCN(C(C)=O)CC1. The van der Waals surface area contributed by atoms with E-state index in [0.717, 1.165) is 0 Å². The molecule has 2 unspecified atom stereocenters. The quantitative estimate of drug-likeness (QED) is 0.528. The predicted molar refractivity (Wildman–Crippen MR) is 118 cm³/mol. The molecule has 31 heavy (non-hydrogen) atoms. The molecular weight excluding hydrogens is 442 g/mol. The molecule has 0 saturated carbocycles. The van der Waals surface area contributed by atoms with Crippen LogP contribution in [0.5, 0.6) is 0 Å². The lowest BCUT2D eigenvalue weighted by atomic mass is 10.2. The molecular formula is C20H29N3O6S2. The number of nitrogens with one attached hydrogen (secondary N) is 1. The van der Waals surface area contributed by atoms with Crippen LogP contribution in [0.25, 0.3) is 0 Å². The topological polar surface area (TPSA) is 113 Å². The molecule has 1 N–H and O–H groups in total. The maximum atomic E-state index is 12.7. The second-order valence-corrected chi connectivity index (χ2v) is 9.88. The average Bonchev–Trinajstić information content (AvgIpc) is 2.76. The Hall–Kier alpha value is -2.11. The number of rotatable bonds is 9. The van der Waals surface area contributed by atoms with Crippen LogP contribution in [0.3, 0.4) is 0 Å². The van der Waals surface area contributed by atoms with Gasteiger partial charge in [0.2, 0.25) is 15.9 Å². The standard InChI is InChI=1S/C20H29N3O6S2/c1-15(19(25)23-12-10-22(11-13-23)16(2)24)29-20(26)18(9-14-30-3)21-31(27,28)17-7-5-4-6-8-17/h4-8,15,18,21H,9-14H2,1-3H3. The summed E-state index contributed by atoms with van der Waals surface area (Å²) in [7, 11) is -3.92. The van der Waals surface area contributed by atoms with Crippen LogP contribution in [0, 0.1) is 0 Å². The molecule has 2 rings (SSSR count). The van der Waals surface area contributed by atoms with Crippen molar-refractivity contribution in [2.45, 2.75) is 37.3 Å². The van der Waals surface area contributed by atoms with E-state index < -0.39 is 28.1 Å². The molecule has 2 atom stereocenters. The van der Waals surface area contributed by atoms with Gasteiger partial charge < -0.3 is 14.5 Å². The number of esters is 1. The molecule has 0 aliphatic carbocycles. The van der Waals surface area contributed by atoms with Crippen LogP contribution in [0.2, 0.25) is 0 Å². The van der Waals surface area contributed by atoms with E-state index in [4.69, 9.17) is 4.74 Å². The molecule has 11 heteroatoms. The van der Waals surface area contributed by atoms with Crippen molar-refractivity contribution in [3.63, 3.8) is 0 Å². The fraction of sp³-hybridized carbons (Fsp3) is 0.550. The lowest BCUT2D eigenvalue weighted by Gasteiger charge is -2.35. The van der Waals surface area contributed by atoms with E-state index in [1.54, 1.807) is 28.0 Å². The number of thioether (sulfide) groups is 1. The third-order valence-corrected chi connectivity index (χ3v) is 7.05. The van der Waals surface area contributed by atoms with Crippen LogP contribution >= 0.6 is 11.8 Å². The molecule has 1 aliphatic rings. The molecule has 0 bridgehead atoms. The van der Waals surface area contributed by atoms with E-state index in [1.165, 1.54) is 37.7 Å². The Balaban J connectivity index is 2.01. The van der Waals surface area contributed by atoms with Crippen molar-refractivity contribution in [3.05, 3.63) is 30.3 Å². The number of nitrogens with zero attached hydrogens (tertiary/aromatic N) is 2. The van der Waals surface area contributed by atoms with Crippen LogP contribution in [-0.4, -0.2) is 86.3 Å². The van der Waals surface area contributed by atoms with Gasteiger partial charge in [-0.2, -0.15) is 16.5 Å². The number of sulfonamides is 1. The van der Waals surface area contributed by atoms with Crippen molar-refractivity contribution >= 4 is 39.6 Å². The first-order valence-electron chi connectivity index (χ1n) is 9.97. The number of carbonyl (C=O) groups is 3. The Kier molecular flexibility index (Phi) is 9.32. The summed E-state index contributed by atoms with van der Waals surface area (Å²) in [5.41, 5.74) is 0. The van der Waals surface area contributed by atoms with Gasteiger partial charge in [0.1, 0.15) is 6.04 Å². The Morgan fingerprint density at radius 1 is 1.10 bits per heavy atom. The van der Waals surface area contributed by atoms with Gasteiger partial charge in [0, 0.05) is 33.1 Å². The second-order valence-electron chi connectivity index (χ2n) is 7.18. The molecule has 2 amide bonds.